The molecular weight excluding hydrogens is 304 g/mol. The first-order valence-electron chi connectivity index (χ1n) is 7.46. The zero-order valence-corrected chi connectivity index (χ0v) is 14.0. The summed E-state index contributed by atoms with van der Waals surface area (Å²) in [6.07, 6.45) is 3.14. The number of thioether (sulfide) groups is 1. The molecule has 1 unspecified atom stereocenters. The third-order valence-electron chi connectivity index (χ3n) is 3.10. The summed E-state index contributed by atoms with van der Waals surface area (Å²) in [5.74, 6) is -1.78. The number of hydrogen-bond donors (Lipinski definition) is 0. The van der Waals surface area contributed by atoms with E-state index < -0.39 is 17.3 Å². The van der Waals surface area contributed by atoms with Gasteiger partial charge in [0.05, 0.1) is 19.3 Å². The molecule has 0 N–H and O–H groups in total. The van der Waals surface area contributed by atoms with Crippen molar-refractivity contribution < 1.29 is 19.1 Å². The van der Waals surface area contributed by atoms with E-state index >= 15 is 0 Å². The van der Waals surface area contributed by atoms with Gasteiger partial charge in [0.2, 0.25) is 0 Å². The van der Waals surface area contributed by atoms with E-state index in [2.05, 4.69) is 0 Å². The lowest BCUT2D eigenvalue weighted by Crippen LogP contribution is -2.40. The van der Waals surface area contributed by atoms with Crippen LogP contribution in [0, 0.1) is 17.2 Å². The molecule has 1 saturated heterocycles. The molecule has 0 spiro atoms. The predicted molar refractivity (Wildman–Crippen MR) is 83.4 cm³/mol. The highest BCUT2D eigenvalue weighted by atomic mass is 32.2. The number of carbonyl (C=O) groups excluding carboxylic acids is 2. The summed E-state index contributed by atoms with van der Waals surface area (Å²) in [5, 5.41) is 8.76. The lowest BCUT2D eigenvalue weighted by atomic mass is 10.1. The highest BCUT2D eigenvalue weighted by Crippen LogP contribution is 2.39. The van der Waals surface area contributed by atoms with Crippen LogP contribution in [0.3, 0.4) is 0 Å². The number of hydrogen-bond acceptors (Lipinski definition) is 6. The van der Waals surface area contributed by atoms with Crippen LogP contribution in [0.2, 0.25) is 0 Å². The first-order valence-corrected chi connectivity index (χ1v) is 8.34. The van der Waals surface area contributed by atoms with E-state index in [0.717, 1.165) is 12.8 Å². The van der Waals surface area contributed by atoms with Gasteiger partial charge in [-0.25, -0.2) is 0 Å². The number of nitrogens with zero attached hydrogens (tertiary/aromatic N) is 2. The minimum absolute atomic E-state index is 0.193. The second kappa shape index (κ2) is 9.36. The number of amides is 1. The Balaban J connectivity index is 2.99. The molecule has 1 rings (SSSR count). The van der Waals surface area contributed by atoms with Crippen molar-refractivity contribution in [2.24, 2.45) is 5.92 Å². The summed E-state index contributed by atoms with van der Waals surface area (Å²) in [7, 11) is 0. The zero-order chi connectivity index (χ0) is 16.5. The van der Waals surface area contributed by atoms with Gasteiger partial charge in [-0.15, -0.1) is 0 Å². The average Bonchev–Trinajstić information content (AvgIpc) is 2.80. The van der Waals surface area contributed by atoms with Crippen LogP contribution in [0.1, 0.15) is 33.6 Å². The number of unbranched alkanes of at least 4 members (excludes halogenated alkanes) is 1. The van der Waals surface area contributed by atoms with Crippen LogP contribution in [0.4, 0.5) is 0 Å². The van der Waals surface area contributed by atoms with Gasteiger partial charge in [0.15, 0.2) is 5.92 Å². The molecule has 1 aliphatic rings. The molecule has 1 amide bonds. The van der Waals surface area contributed by atoms with Gasteiger partial charge in [0, 0.05) is 6.54 Å². The summed E-state index contributed by atoms with van der Waals surface area (Å²) >= 11 is 1.19. The summed E-state index contributed by atoms with van der Waals surface area (Å²) in [4.78, 5) is 26.4. The van der Waals surface area contributed by atoms with Crippen LogP contribution >= 0.6 is 11.8 Å². The lowest BCUT2D eigenvalue weighted by molar-refractivity contribution is -0.147. The van der Waals surface area contributed by atoms with Gasteiger partial charge in [0.25, 0.3) is 5.91 Å². The first kappa shape index (κ1) is 18.4. The molecule has 7 heteroatoms. The fourth-order valence-corrected chi connectivity index (χ4v) is 3.25. The Hall–Kier alpha value is -1.68. The van der Waals surface area contributed by atoms with Crippen molar-refractivity contribution in [3.05, 3.63) is 11.2 Å². The number of carbonyl (C=O) groups is 2. The average molecular weight is 326 g/mol. The molecule has 0 aromatic rings. The van der Waals surface area contributed by atoms with E-state index in [1.54, 1.807) is 11.8 Å². The molecule has 0 radical (unpaired) electrons. The van der Waals surface area contributed by atoms with Crippen molar-refractivity contribution in [2.75, 3.05) is 19.8 Å². The second-order valence-electron chi connectivity index (χ2n) is 4.66. The molecule has 1 heterocycles. The van der Waals surface area contributed by atoms with Gasteiger partial charge in [-0.2, -0.15) is 5.26 Å². The van der Waals surface area contributed by atoms with E-state index in [1.807, 2.05) is 19.9 Å². The van der Waals surface area contributed by atoms with Crippen LogP contribution in [-0.4, -0.2) is 41.9 Å². The minimum Gasteiger partial charge on any atom is -0.500 e. The van der Waals surface area contributed by atoms with Gasteiger partial charge in [0.1, 0.15) is 16.5 Å². The summed E-state index contributed by atoms with van der Waals surface area (Å²) in [5.41, 5.74) is 0. The monoisotopic (exact) mass is 326 g/mol. The number of rotatable bonds is 8. The maximum Gasteiger partial charge on any atom is 0.326 e. The molecule has 0 aromatic heterocycles. The predicted octanol–water partition coefficient (Wildman–Crippen LogP) is 2.27. The summed E-state index contributed by atoms with van der Waals surface area (Å²) in [6.45, 7) is 6.70. The molecule has 122 valence electrons. The standard InChI is InChI=1S/C15H22N2O4S/c1-4-7-8-17-13(18)12(10-20-5-2)22-14(17)11(9-16)15(19)21-6-3/h10-11,14H,4-8H2,1-3H3/b12-10+/t11?,14-/m0/s1. The summed E-state index contributed by atoms with van der Waals surface area (Å²) in [6, 6.07) is 1.97. The van der Waals surface area contributed by atoms with Crippen molar-refractivity contribution in [3.63, 3.8) is 0 Å². The smallest absolute Gasteiger partial charge is 0.326 e. The third kappa shape index (κ3) is 4.41. The number of nitriles is 1. The van der Waals surface area contributed by atoms with Crippen molar-refractivity contribution in [3.8, 4) is 6.07 Å². The van der Waals surface area contributed by atoms with Gasteiger partial charge >= 0.3 is 5.97 Å². The molecule has 22 heavy (non-hydrogen) atoms. The molecule has 1 fully saturated rings. The second-order valence-corrected chi connectivity index (χ2v) is 5.82. The highest BCUT2D eigenvalue weighted by molar-refractivity contribution is 8.05. The van der Waals surface area contributed by atoms with Gasteiger partial charge < -0.3 is 14.4 Å². The van der Waals surface area contributed by atoms with E-state index in [0.29, 0.717) is 18.1 Å². The van der Waals surface area contributed by atoms with Crippen molar-refractivity contribution in [2.45, 2.75) is 39.0 Å². The van der Waals surface area contributed by atoms with E-state index in [1.165, 1.54) is 18.0 Å². The number of ether oxygens (including phenoxy) is 2. The molecule has 2 atom stereocenters. The van der Waals surface area contributed by atoms with Crippen LogP contribution < -0.4 is 0 Å². The molecular formula is C15H22N2O4S. The molecule has 1 aliphatic heterocycles. The minimum atomic E-state index is -1.00. The van der Waals surface area contributed by atoms with E-state index in [-0.39, 0.29) is 12.5 Å². The van der Waals surface area contributed by atoms with Crippen LogP contribution in [0.5, 0.6) is 0 Å². The third-order valence-corrected chi connectivity index (χ3v) is 4.39. The normalized spacial score (nSPS) is 20.8. The maximum absolute atomic E-state index is 12.4. The zero-order valence-electron chi connectivity index (χ0n) is 13.2. The lowest BCUT2D eigenvalue weighted by Gasteiger charge is -2.25. The Morgan fingerprint density at radius 1 is 1.45 bits per heavy atom. The Bertz CT molecular complexity index is 473. The molecule has 6 nitrogen and oxygen atoms in total. The molecule has 0 aliphatic carbocycles. The summed E-state index contributed by atoms with van der Waals surface area (Å²) < 4.78 is 10.1. The molecule has 0 bridgehead atoms. The topological polar surface area (TPSA) is 79.6 Å². The fourth-order valence-electron chi connectivity index (χ4n) is 2.01. The number of esters is 1. The van der Waals surface area contributed by atoms with Crippen molar-refractivity contribution in [1.82, 2.24) is 4.90 Å². The largest absolute Gasteiger partial charge is 0.500 e. The van der Waals surface area contributed by atoms with E-state index in [9.17, 15) is 14.9 Å². The van der Waals surface area contributed by atoms with Crippen LogP contribution in [0.25, 0.3) is 0 Å². The Kier molecular flexibility index (Phi) is 7.82. The quantitative estimate of drug-likeness (QED) is 0.387. The molecule has 0 saturated carbocycles. The first-order chi connectivity index (χ1) is 10.6. The Morgan fingerprint density at radius 2 is 2.18 bits per heavy atom. The van der Waals surface area contributed by atoms with Gasteiger partial charge in [-0.1, -0.05) is 25.1 Å². The van der Waals surface area contributed by atoms with Crippen LogP contribution in [-0.2, 0) is 19.1 Å². The fraction of sp³-hybridized carbons (Fsp3) is 0.667. The highest BCUT2D eigenvalue weighted by Gasteiger charge is 2.44. The van der Waals surface area contributed by atoms with Crippen molar-refractivity contribution in [1.29, 1.82) is 5.26 Å². The maximum atomic E-state index is 12.4. The van der Waals surface area contributed by atoms with Gasteiger partial charge in [-0.05, 0) is 20.3 Å². The van der Waals surface area contributed by atoms with E-state index in [4.69, 9.17) is 9.47 Å². The van der Waals surface area contributed by atoms with Crippen LogP contribution in [0.15, 0.2) is 11.2 Å². The Labute approximate surface area is 135 Å². The molecule has 0 aromatic carbocycles. The van der Waals surface area contributed by atoms with Gasteiger partial charge in [-0.3, -0.25) is 9.59 Å². The Morgan fingerprint density at radius 3 is 2.73 bits per heavy atom. The SMILES string of the molecule is CCCCN1C(=O)/C(=C\OCC)S[C@H]1C(C#N)C(=O)OCC. The van der Waals surface area contributed by atoms with Crippen molar-refractivity contribution >= 4 is 23.6 Å².